The van der Waals surface area contributed by atoms with E-state index in [4.69, 9.17) is 0 Å². The fraction of sp³-hybridized carbons (Fsp3) is 0.167. The lowest BCUT2D eigenvalue weighted by Crippen LogP contribution is -1.94. The summed E-state index contributed by atoms with van der Waals surface area (Å²) < 4.78 is 0. The Bertz CT molecular complexity index is 757. The van der Waals surface area contributed by atoms with E-state index in [-0.39, 0.29) is 0 Å². The van der Waals surface area contributed by atoms with Gasteiger partial charge in [-0.2, -0.15) is 0 Å². The second-order valence-corrected chi connectivity index (χ2v) is 6.13. The molecule has 3 heteroatoms. The SMILES string of the molecule is Cc1ccc(-c2csc(Nc3cccc(C)c3C)n2)cc1. The lowest BCUT2D eigenvalue weighted by molar-refractivity contribution is 1.31. The van der Waals surface area contributed by atoms with Gasteiger partial charge in [0.15, 0.2) is 5.13 Å². The Morgan fingerprint density at radius 3 is 2.48 bits per heavy atom. The second kappa shape index (κ2) is 5.70. The van der Waals surface area contributed by atoms with Crippen LogP contribution in [0.15, 0.2) is 47.8 Å². The molecule has 1 N–H and O–H groups in total. The molecule has 0 aliphatic rings. The number of thiazole rings is 1. The fourth-order valence-electron chi connectivity index (χ4n) is 2.19. The lowest BCUT2D eigenvalue weighted by Gasteiger charge is -2.08. The zero-order valence-corrected chi connectivity index (χ0v) is 13.3. The number of aryl methyl sites for hydroxylation is 2. The molecule has 1 aromatic heterocycles. The summed E-state index contributed by atoms with van der Waals surface area (Å²) in [5, 5.41) is 6.45. The number of aromatic nitrogens is 1. The summed E-state index contributed by atoms with van der Waals surface area (Å²) in [6.45, 7) is 6.35. The van der Waals surface area contributed by atoms with Crippen LogP contribution in [0.4, 0.5) is 10.8 Å². The molecule has 0 aliphatic heterocycles. The van der Waals surface area contributed by atoms with Gasteiger partial charge in [-0.15, -0.1) is 11.3 Å². The molecule has 21 heavy (non-hydrogen) atoms. The number of hydrogen-bond acceptors (Lipinski definition) is 3. The third-order valence-corrected chi connectivity index (χ3v) is 4.46. The van der Waals surface area contributed by atoms with Gasteiger partial charge < -0.3 is 5.32 Å². The first-order valence-corrected chi connectivity index (χ1v) is 7.87. The van der Waals surface area contributed by atoms with Crippen LogP contribution in [-0.4, -0.2) is 4.98 Å². The monoisotopic (exact) mass is 294 g/mol. The van der Waals surface area contributed by atoms with Crippen LogP contribution in [0.3, 0.4) is 0 Å². The quantitative estimate of drug-likeness (QED) is 0.692. The average Bonchev–Trinajstić information content (AvgIpc) is 2.93. The van der Waals surface area contributed by atoms with E-state index in [9.17, 15) is 0 Å². The van der Waals surface area contributed by atoms with Crippen molar-refractivity contribution in [1.29, 1.82) is 0 Å². The van der Waals surface area contributed by atoms with Crippen LogP contribution in [0, 0.1) is 20.8 Å². The third-order valence-electron chi connectivity index (χ3n) is 3.70. The summed E-state index contributed by atoms with van der Waals surface area (Å²) in [4.78, 5) is 4.68. The standard InChI is InChI=1S/C18H18N2S/c1-12-7-9-15(10-8-12)17-11-21-18(20-17)19-16-6-4-5-13(2)14(16)3/h4-11H,1-3H3,(H,19,20). The van der Waals surface area contributed by atoms with Crippen molar-refractivity contribution in [3.63, 3.8) is 0 Å². The molecular weight excluding hydrogens is 276 g/mol. The number of nitrogens with zero attached hydrogens (tertiary/aromatic N) is 1. The van der Waals surface area contributed by atoms with Gasteiger partial charge in [0.1, 0.15) is 0 Å². The van der Waals surface area contributed by atoms with Crippen molar-refractivity contribution in [1.82, 2.24) is 4.98 Å². The van der Waals surface area contributed by atoms with E-state index >= 15 is 0 Å². The van der Waals surface area contributed by atoms with Crippen LogP contribution in [0.2, 0.25) is 0 Å². The smallest absolute Gasteiger partial charge is 0.187 e. The third kappa shape index (κ3) is 2.98. The first-order valence-electron chi connectivity index (χ1n) is 6.99. The molecule has 0 unspecified atom stereocenters. The van der Waals surface area contributed by atoms with Crippen LogP contribution < -0.4 is 5.32 Å². The number of benzene rings is 2. The van der Waals surface area contributed by atoms with Crippen molar-refractivity contribution in [2.75, 3.05) is 5.32 Å². The molecule has 0 saturated carbocycles. The van der Waals surface area contributed by atoms with E-state index in [1.54, 1.807) is 11.3 Å². The Morgan fingerprint density at radius 1 is 0.952 bits per heavy atom. The minimum absolute atomic E-state index is 0.930. The summed E-state index contributed by atoms with van der Waals surface area (Å²) in [5.41, 5.74) is 7.13. The average molecular weight is 294 g/mol. The highest BCUT2D eigenvalue weighted by atomic mass is 32.1. The number of hydrogen-bond donors (Lipinski definition) is 1. The van der Waals surface area contributed by atoms with Crippen LogP contribution in [0.5, 0.6) is 0 Å². The molecule has 0 bridgehead atoms. The summed E-state index contributed by atoms with van der Waals surface area (Å²) in [6.07, 6.45) is 0. The topological polar surface area (TPSA) is 24.9 Å². The molecule has 1 heterocycles. The van der Waals surface area contributed by atoms with Gasteiger partial charge in [-0.25, -0.2) is 4.98 Å². The molecule has 0 spiro atoms. The molecule has 0 aliphatic carbocycles. The van der Waals surface area contributed by atoms with Crippen molar-refractivity contribution < 1.29 is 0 Å². The van der Waals surface area contributed by atoms with E-state index in [1.165, 1.54) is 16.7 Å². The molecule has 3 aromatic rings. The van der Waals surface area contributed by atoms with Gasteiger partial charge in [-0.3, -0.25) is 0 Å². The van der Waals surface area contributed by atoms with Crippen molar-refractivity contribution in [3.8, 4) is 11.3 Å². The Morgan fingerprint density at radius 2 is 1.71 bits per heavy atom. The number of anilines is 2. The Hall–Kier alpha value is -2.13. The molecule has 2 aromatic carbocycles. The number of rotatable bonds is 3. The van der Waals surface area contributed by atoms with Crippen molar-refractivity contribution in [2.45, 2.75) is 20.8 Å². The lowest BCUT2D eigenvalue weighted by atomic mass is 10.1. The van der Waals surface area contributed by atoms with Crippen LogP contribution >= 0.6 is 11.3 Å². The predicted octanol–water partition coefficient (Wildman–Crippen LogP) is 5.48. The van der Waals surface area contributed by atoms with Gasteiger partial charge in [-0.05, 0) is 38.0 Å². The zero-order chi connectivity index (χ0) is 14.8. The highest BCUT2D eigenvalue weighted by molar-refractivity contribution is 7.14. The van der Waals surface area contributed by atoms with Crippen molar-refractivity contribution >= 4 is 22.2 Å². The fourth-order valence-corrected chi connectivity index (χ4v) is 2.92. The van der Waals surface area contributed by atoms with Gasteiger partial charge in [0, 0.05) is 16.6 Å². The number of nitrogens with one attached hydrogen (secondary N) is 1. The van der Waals surface area contributed by atoms with E-state index in [0.29, 0.717) is 0 Å². The predicted molar refractivity (Wildman–Crippen MR) is 91.5 cm³/mol. The van der Waals surface area contributed by atoms with Crippen LogP contribution in [0.25, 0.3) is 11.3 Å². The summed E-state index contributed by atoms with van der Waals surface area (Å²) >= 11 is 1.64. The summed E-state index contributed by atoms with van der Waals surface area (Å²) in [5.74, 6) is 0. The van der Waals surface area contributed by atoms with Crippen LogP contribution in [-0.2, 0) is 0 Å². The maximum absolute atomic E-state index is 4.68. The maximum Gasteiger partial charge on any atom is 0.187 e. The zero-order valence-electron chi connectivity index (χ0n) is 12.5. The van der Waals surface area contributed by atoms with Gasteiger partial charge in [-0.1, -0.05) is 42.0 Å². The second-order valence-electron chi connectivity index (χ2n) is 5.28. The largest absolute Gasteiger partial charge is 0.331 e. The van der Waals surface area contributed by atoms with E-state index in [1.807, 2.05) is 0 Å². The van der Waals surface area contributed by atoms with Gasteiger partial charge in [0.05, 0.1) is 5.69 Å². The Labute approximate surface area is 129 Å². The Kier molecular flexibility index (Phi) is 3.76. The first kappa shape index (κ1) is 13.8. The molecule has 3 rings (SSSR count). The maximum atomic E-state index is 4.68. The molecule has 2 nitrogen and oxygen atoms in total. The van der Waals surface area contributed by atoms with Gasteiger partial charge in [0.25, 0.3) is 0 Å². The summed E-state index contributed by atoms with van der Waals surface area (Å²) in [6, 6.07) is 14.8. The van der Waals surface area contributed by atoms with E-state index < -0.39 is 0 Å². The highest BCUT2D eigenvalue weighted by Crippen LogP contribution is 2.29. The van der Waals surface area contributed by atoms with Crippen molar-refractivity contribution in [2.24, 2.45) is 0 Å². The molecule has 0 saturated heterocycles. The van der Waals surface area contributed by atoms with Gasteiger partial charge in [0.2, 0.25) is 0 Å². The minimum atomic E-state index is 0.930. The molecular formula is C18H18N2S. The highest BCUT2D eigenvalue weighted by Gasteiger charge is 2.06. The van der Waals surface area contributed by atoms with Crippen LogP contribution in [0.1, 0.15) is 16.7 Å². The van der Waals surface area contributed by atoms with Gasteiger partial charge >= 0.3 is 0 Å². The first-order chi connectivity index (χ1) is 10.1. The minimum Gasteiger partial charge on any atom is -0.331 e. The van der Waals surface area contributed by atoms with E-state index in [0.717, 1.165) is 22.1 Å². The Balaban J connectivity index is 1.85. The van der Waals surface area contributed by atoms with E-state index in [2.05, 4.69) is 78.9 Å². The molecule has 0 amide bonds. The molecule has 0 atom stereocenters. The molecule has 0 fully saturated rings. The molecule has 0 radical (unpaired) electrons. The van der Waals surface area contributed by atoms with Crippen molar-refractivity contribution in [3.05, 3.63) is 64.5 Å². The summed E-state index contributed by atoms with van der Waals surface area (Å²) in [7, 11) is 0. The molecule has 106 valence electrons. The normalized spacial score (nSPS) is 10.6.